The smallest absolute Gasteiger partial charge is 0.440 e. The predicted molar refractivity (Wildman–Crippen MR) is 72.6 cm³/mol. The quantitative estimate of drug-likeness (QED) is 0.847. The number of halogens is 4. The highest BCUT2D eigenvalue weighted by Gasteiger charge is 2.42. The Kier molecular flexibility index (Phi) is 4.90. The van der Waals surface area contributed by atoms with Crippen LogP contribution in [-0.2, 0) is 9.53 Å². The molecule has 0 saturated carbocycles. The zero-order valence-electron chi connectivity index (χ0n) is 10.9. The largest absolute Gasteiger partial charge is 0.490 e. The lowest BCUT2D eigenvalue weighted by atomic mass is 10.0. The van der Waals surface area contributed by atoms with Gasteiger partial charge in [-0.2, -0.15) is 13.2 Å². The summed E-state index contributed by atoms with van der Waals surface area (Å²) in [6, 6.07) is 7.18. The summed E-state index contributed by atoms with van der Waals surface area (Å²) in [7, 11) is 0. The van der Waals surface area contributed by atoms with Crippen molar-refractivity contribution in [2.75, 3.05) is 6.54 Å². The fourth-order valence-electron chi connectivity index (χ4n) is 2.03. The average molecular weight is 320 g/mol. The van der Waals surface area contributed by atoms with E-state index in [0.29, 0.717) is 18.0 Å². The molecule has 21 heavy (non-hydrogen) atoms. The van der Waals surface area contributed by atoms with Crippen LogP contribution in [0, 0.1) is 0 Å². The van der Waals surface area contributed by atoms with Crippen molar-refractivity contribution < 1.29 is 22.7 Å². The van der Waals surface area contributed by atoms with Crippen molar-refractivity contribution in [2.24, 2.45) is 0 Å². The van der Waals surface area contributed by atoms with E-state index < -0.39 is 18.4 Å². The summed E-state index contributed by atoms with van der Waals surface area (Å²) in [5.41, 5.74) is 1.92. The number of hydrogen-bond donors (Lipinski definition) is 1. The predicted octanol–water partition coefficient (Wildman–Crippen LogP) is 3.54. The summed E-state index contributed by atoms with van der Waals surface area (Å²) in [5, 5.41) is 3.36. The molecule has 0 bridgehead atoms. The fraction of sp³-hybridized carbons (Fsp3) is 0.357. The Bertz CT molecular complexity index is 540. The number of ether oxygens (including phenoxy) is 1. The minimum atomic E-state index is -4.97. The molecule has 0 radical (unpaired) electrons. The number of carbonyl (C=O) groups excluding carboxylic acids is 1. The van der Waals surface area contributed by atoms with Gasteiger partial charge in [-0.3, -0.25) is 5.32 Å². The second-order valence-electron chi connectivity index (χ2n) is 4.57. The lowest BCUT2D eigenvalue weighted by molar-refractivity contribution is -0.206. The zero-order valence-corrected chi connectivity index (χ0v) is 11.7. The van der Waals surface area contributed by atoms with Crippen LogP contribution >= 0.6 is 11.6 Å². The molecule has 1 aliphatic rings. The van der Waals surface area contributed by atoms with Crippen LogP contribution in [0.25, 0.3) is 5.57 Å². The van der Waals surface area contributed by atoms with Crippen LogP contribution < -0.4 is 5.32 Å². The molecule has 0 spiro atoms. The van der Waals surface area contributed by atoms with Gasteiger partial charge in [0, 0.05) is 18.0 Å². The van der Waals surface area contributed by atoms with Gasteiger partial charge in [0.15, 0.2) is 6.23 Å². The van der Waals surface area contributed by atoms with Gasteiger partial charge in [-0.15, -0.1) is 0 Å². The number of carbonyl (C=O) groups is 1. The number of esters is 1. The maximum Gasteiger partial charge on any atom is 0.490 e. The fourth-order valence-corrected chi connectivity index (χ4v) is 2.15. The van der Waals surface area contributed by atoms with Crippen molar-refractivity contribution >= 4 is 23.1 Å². The highest BCUT2D eigenvalue weighted by Crippen LogP contribution is 2.25. The van der Waals surface area contributed by atoms with Crippen LogP contribution in [0.15, 0.2) is 30.3 Å². The van der Waals surface area contributed by atoms with Gasteiger partial charge in [-0.1, -0.05) is 29.8 Å². The van der Waals surface area contributed by atoms with Crippen LogP contribution in [0.5, 0.6) is 0 Å². The van der Waals surface area contributed by atoms with E-state index in [0.717, 1.165) is 11.1 Å². The first kappa shape index (κ1) is 15.9. The molecule has 0 amide bonds. The first-order valence-electron chi connectivity index (χ1n) is 6.32. The number of allylic oxidation sites excluding steroid dienone is 1. The number of rotatable bonds is 2. The monoisotopic (exact) mass is 319 g/mol. The molecule has 1 aliphatic heterocycles. The highest BCUT2D eigenvalue weighted by molar-refractivity contribution is 6.30. The lowest BCUT2D eigenvalue weighted by Crippen LogP contribution is -2.37. The molecule has 2 rings (SSSR count). The second-order valence-corrected chi connectivity index (χ2v) is 5.01. The van der Waals surface area contributed by atoms with Crippen LogP contribution in [0.2, 0.25) is 5.02 Å². The second kappa shape index (κ2) is 6.49. The van der Waals surface area contributed by atoms with Crippen molar-refractivity contribution in [3.05, 3.63) is 40.9 Å². The van der Waals surface area contributed by atoms with Crippen molar-refractivity contribution in [2.45, 2.75) is 25.2 Å². The number of hydrogen-bond acceptors (Lipinski definition) is 3. The maximum absolute atomic E-state index is 12.2. The van der Waals surface area contributed by atoms with Crippen LogP contribution in [0.1, 0.15) is 18.4 Å². The average Bonchev–Trinajstić information content (AvgIpc) is 2.64. The summed E-state index contributed by atoms with van der Waals surface area (Å²) < 4.78 is 40.9. The van der Waals surface area contributed by atoms with Gasteiger partial charge in [0.1, 0.15) is 0 Å². The SMILES string of the molecule is O=C(OC1CCC(c2ccc(Cl)cc2)=CCN1)C(F)(F)F. The molecular formula is C14H13ClF3NO2. The van der Waals surface area contributed by atoms with E-state index in [1.54, 1.807) is 12.1 Å². The third-order valence-corrected chi connectivity index (χ3v) is 3.32. The molecule has 0 saturated heterocycles. The van der Waals surface area contributed by atoms with E-state index in [2.05, 4.69) is 10.1 Å². The Labute approximate surface area is 124 Å². The van der Waals surface area contributed by atoms with Crippen LogP contribution in [0.4, 0.5) is 13.2 Å². The summed E-state index contributed by atoms with van der Waals surface area (Å²) in [6.45, 7) is 0.327. The molecule has 1 aromatic rings. The summed E-state index contributed by atoms with van der Waals surface area (Å²) in [5.74, 6) is -2.17. The molecule has 1 unspecified atom stereocenters. The summed E-state index contributed by atoms with van der Waals surface area (Å²) >= 11 is 5.81. The van der Waals surface area contributed by atoms with E-state index in [1.165, 1.54) is 0 Å². The normalized spacial score (nSPS) is 19.6. The molecule has 7 heteroatoms. The van der Waals surface area contributed by atoms with E-state index in [4.69, 9.17) is 11.6 Å². The first-order chi connectivity index (χ1) is 9.86. The maximum atomic E-state index is 12.2. The van der Waals surface area contributed by atoms with Crippen LogP contribution in [-0.4, -0.2) is 24.9 Å². The van der Waals surface area contributed by atoms with Crippen molar-refractivity contribution in [3.8, 4) is 0 Å². The van der Waals surface area contributed by atoms with Crippen molar-refractivity contribution in [3.63, 3.8) is 0 Å². The molecule has 1 aromatic carbocycles. The molecule has 0 aliphatic carbocycles. The molecule has 0 aromatic heterocycles. The Morgan fingerprint density at radius 2 is 1.95 bits per heavy atom. The topological polar surface area (TPSA) is 38.3 Å². The number of alkyl halides is 3. The number of benzene rings is 1. The zero-order chi connectivity index (χ0) is 15.5. The molecule has 114 valence electrons. The summed E-state index contributed by atoms with van der Waals surface area (Å²) in [6.07, 6.45) is -3.27. The first-order valence-corrected chi connectivity index (χ1v) is 6.70. The lowest BCUT2D eigenvalue weighted by Gasteiger charge is -2.17. The minimum absolute atomic E-state index is 0.274. The molecule has 1 atom stereocenters. The van der Waals surface area contributed by atoms with E-state index >= 15 is 0 Å². The van der Waals surface area contributed by atoms with Gasteiger partial charge in [-0.25, -0.2) is 4.79 Å². The summed E-state index contributed by atoms with van der Waals surface area (Å²) in [4.78, 5) is 10.8. The van der Waals surface area contributed by atoms with Crippen molar-refractivity contribution in [1.82, 2.24) is 5.32 Å². The van der Waals surface area contributed by atoms with Gasteiger partial charge in [0.05, 0.1) is 0 Å². The van der Waals surface area contributed by atoms with Gasteiger partial charge in [0.25, 0.3) is 0 Å². The van der Waals surface area contributed by atoms with Gasteiger partial charge < -0.3 is 4.74 Å². The standard InChI is InChI=1S/C14H13ClF3NO2/c15-11-4-1-9(2-5-11)10-3-6-12(19-8-7-10)21-13(20)14(16,17)18/h1-2,4-5,7,12,19H,3,6,8H2. The van der Waals surface area contributed by atoms with Gasteiger partial charge >= 0.3 is 12.1 Å². The highest BCUT2D eigenvalue weighted by atomic mass is 35.5. The Balaban J connectivity index is 1.96. The Hall–Kier alpha value is -1.53. The van der Waals surface area contributed by atoms with Gasteiger partial charge in [-0.05, 0) is 29.7 Å². The van der Waals surface area contributed by atoms with Crippen LogP contribution in [0.3, 0.4) is 0 Å². The Morgan fingerprint density at radius 1 is 1.29 bits per heavy atom. The van der Waals surface area contributed by atoms with E-state index in [1.807, 2.05) is 18.2 Å². The molecule has 0 fully saturated rings. The number of nitrogens with one attached hydrogen (secondary N) is 1. The Morgan fingerprint density at radius 3 is 2.57 bits per heavy atom. The third kappa shape index (κ3) is 4.47. The molecule has 3 nitrogen and oxygen atoms in total. The third-order valence-electron chi connectivity index (χ3n) is 3.07. The van der Waals surface area contributed by atoms with Gasteiger partial charge in [0.2, 0.25) is 0 Å². The minimum Gasteiger partial charge on any atom is -0.440 e. The van der Waals surface area contributed by atoms with Crippen molar-refractivity contribution in [1.29, 1.82) is 0 Å². The van der Waals surface area contributed by atoms with E-state index in [-0.39, 0.29) is 6.42 Å². The molecular weight excluding hydrogens is 307 g/mol. The van der Waals surface area contributed by atoms with E-state index in [9.17, 15) is 18.0 Å². The molecule has 1 heterocycles. The molecule has 1 N–H and O–H groups in total.